The lowest BCUT2D eigenvalue weighted by Gasteiger charge is -2.23. The van der Waals surface area contributed by atoms with Gasteiger partial charge in [-0.2, -0.15) is 0 Å². The van der Waals surface area contributed by atoms with Crippen molar-refractivity contribution in [2.45, 2.75) is 59.6 Å². The summed E-state index contributed by atoms with van der Waals surface area (Å²) >= 11 is 0. The number of carboxylic acids is 1. The highest BCUT2D eigenvalue weighted by Gasteiger charge is 2.21. The normalized spacial score (nSPS) is 11.8. The molecule has 0 saturated heterocycles. The van der Waals surface area contributed by atoms with E-state index in [1.165, 1.54) is 0 Å². The summed E-state index contributed by atoms with van der Waals surface area (Å²) in [6.45, 7) is 8.77. The highest BCUT2D eigenvalue weighted by Crippen LogP contribution is 2.26. The molecule has 3 aromatic rings. The van der Waals surface area contributed by atoms with E-state index in [0.717, 1.165) is 28.7 Å². The molecule has 0 fully saturated rings. The molecule has 1 amide bonds. The van der Waals surface area contributed by atoms with Crippen LogP contribution in [0, 0.1) is 19.8 Å². The standard InChI is InChI=1S/C30H35NO4/c1-20(2)14-28(25-16-21(3)15-22(4)17-25)31-30(34)27-18-26(12-10-24(27)11-13-29(32)33)35-19-23-8-6-5-7-9-23/h5-10,12,15-18,20,28H,11,13-14,19H2,1-4H3,(H,31,34)(H,32,33). The van der Waals surface area contributed by atoms with Gasteiger partial charge < -0.3 is 15.2 Å². The monoisotopic (exact) mass is 473 g/mol. The van der Waals surface area contributed by atoms with Crippen LogP contribution in [-0.2, 0) is 17.8 Å². The second-order valence-corrected chi connectivity index (χ2v) is 9.56. The first-order valence-electron chi connectivity index (χ1n) is 12.1. The van der Waals surface area contributed by atoms with Gasteiger partial charge in [-0.05, 0) is 61.4 Å². The molecule has 35 heavy (non-hydrogen) atoms. The molecule has 0 saturated carbocycles. The molecule has 0 bridgehead atoms. The molecule has 184 valence electrons. The number of ether oxygens (including phenoxy) is 1. The van der Waals surface area contributed by atoms with Crippen LogP contribution in [0.2, 0.25) is 0 Å². The maximum absolute atomic E-state index is 13.6. The van der Waals surface area contributed by atoms with Crippen molar-refractivity contribution in [3.8, 4) is 5.75 Å². The summed E-state index contributed by atoms with van der Waals surface area (Å²) < 4.78 is 5.95. The van der Waals surface area contributed by atoms with Crippen LogP contribution in [-0.4, -0.2) is 17.0 Å². The van der Waals surface area contributed by atoms with Gasteiger partial charge in [0.15, 0.2) is 0 Å². The largest absolute Gasteiger partial charge is 0.489 e. The minimum absolute atomic E-state index is 0.0446. The third kappa shape index (κ3) is 7.99. The fourth-order valence-corrected chi connectivity index (χ4v) is 4.25. The third-order valence-corrected chi connectivity index (χ3v) is 5.84. The Kier molecular flexibility index (Phi) is 9.07. The van der Waals surface area contributed by atoms with Crippen LogP contribution in [0.15, 0.2) is 66.7 Å². The Morgan fingerprint density at radius 2 is 1.63 bits per heavy atom. The summed E-state index contributed by atoms with van der Waals surface area (Å²) in [5.74, 6) is -0.160. The lowest BCUT2D eigenvalue weighted by molar-refractivity contribution is -0.136. The molecule has 0 heterocycles. The highest BCUT2D eigenvalue weighted by molar-refractivity contribution is 5.96. The fourth-order valence-electron chi connectivity index (χ4n) is 4.25. The Bertz CT molecular complexity index is 1130. The molecule has 0 spiro atoms. The van der Waals surface area contributed by atoms with Crippen LogP contribution >= 0.6 is 0 Å². The van der Waals surface area contributed by atoms with E-state index in [9.17, 15) is 14.7 Å². The van der Waals surface area contributed by atoms with E-state index in [-0.39, 0.29) is 24.8 Å². The van der Waals surface area contributed by atoms with Crippen LogP contribution in [0.5, 0.6) is 5.75 Å². The number of hydrogen-bond donors (Lipinski definition) is 2. The van der Waals surface area contributed by atoms with Crippen LogP contribution in [0.3, 0.4) is 0 Å². The number of aliphatic carboxylic acids is 1. The van der Waals surface area contributed by atoms with Gasteiger partial charge in [0, 0.05) is 12.0 Å². The number of hydrogen-bond acceptors (Lipinski definition) is 3. The van der Waals surface area contributed by atoms with Crippen LogP contribution < -0.4 is 10.1 Å². The third-order valence-electron chi connectivity index (χ3n) is 5.84. The van der Waals surface area contributed by atoms with Crippen LogP contribution in [0.4, 0.5) is 0 Å². The Balaban J connectivity index is 1.88. The lowest BCUT2D eigenvalue weighted by Crippen LogP contribution is -2.30. The minimum Gasteiger partial charge on any atom is -0.489 e. The zero-order valence-electron chi connectivity index (χ0n) is 21.0. The fraction of sp³-hybridized carbons (Fsp3) is 0.333. The Morgan fingerprint density at radius 1 is 0.943 bits per heavy atom. The van der Waals surface area contributed by atoms with Gasteiger partial charge in [0.2, 0.25) is 0 Å². The van der Waals surface area contributed by atoms with Crippen molar-refractivity contribution in [2.24, 2.45) is 5.92 Å². The van der Waals surface area contributed by atoms with E-state index in [1.54, 1.807) is 18.2 Å². The second kappa shape index (κ2) is 12.2. The number of carbonyl (C=O) groups excluding carboxylic acids is 1. The molecular formula is C30H35NO4. The van der Waals surface area contributed by atoms with Crippen molar-refractivity contribution >= 4 is 11.9 Å². The average molecular weight is 474 g/mol. The van der Waals surface area contributed by atoms with E-state index in [0.29, 0.717) is 29.4 Å². The van der Waals surface area contributed by atoms with Gasteiger partial charge in [0.1, 0.15) is 12.4 Å². The van der Waals surface area contributed by atoms with Crippen molar-refractivity contribution < 1.29 is 19.4 Å². The summed E-state index contributed by atoms with van der Waals surface area (Å²) in [6, 6.07) is 21.3. The molecule has 0 radical (unpaired) electrons. The van der Waals surface area contributed by atoms with Gasteiger partial charge in [-0.1, -0.05) is 79.6 Å². The molecule has 5 nitrogen and oxygen atoms in total. The van der Waals surface area contributed by atoms with Gasteiger partial charge in [0.25, 0.3) is 5.91 Å². The quantitative estimate of drug-likeness (QED) is 0.337. The number of nitrogens with one attached hydrogen (secondary N) is 1. The molecule has 1 unspecified atom stereocenters. The topological polar surface area (TPSA) is 75.6 Å². The summed E-state index contributed by atoms with van der Waals surface area (Å²) in [5, 5.41) is 12.4. The molecule has 0 aliphatic rings. The first kappa shape index (κ1) is 26.0. The number of aryl methyl sites for hydroxylation is 3. The predicted octanol–water partition coefficient (Wildman–Crippen LogP) is 6.42. The number of benzene rings is 3. The zero-order chi connectivity index (χ0) is 25.4. The molecule has 0 aliphatic heterocycles. The van der Waals surface area contributed by atoms with Crippen molar-refractivity contribution in [2.75, 3.05) is 0 Å². The molecule has 0 aliphatic carbocycles. The molecule has 3 aromatic carbocycles. The van der Waals surface area contributed by atoms with Gasteiger partial charge in [0.05, 0.1) is 6.04 Å². The Labute approximate surface area is 208 Å². The first-order chi connectivity index (χ1) is 16.7. The average Bonchev–Trinajstić information content (AvgIpc) is 2.81. The van der Waals surface area contributed by atoms with E-state index in [2.05, 4.69) is 51.2 Å². The molecular weight excluding hydrogens is 438 g/mol. The van der Waals surface area contributed by atoms with Gasteiger partial charge >= 0.3 is 5.97 Å². The smallest absolute Gasteiger partial charge is 0.303 e. The molecule has 2 N–H and O–H groups in total. The van der Waals surface area contributed by atoms with Gasteiger partial charge in [-0.25, -0.2) is 0 Å². The van der Waals surface area contributed by atoms with Crippen molar-refractivity contribution in [1.82, 2.24) is 5.32 Å². The zero-order valence-corrected chi connectivity index (χ0v) is 21.0. The maximum Gasteiger partial charge on any atom is 0.303 e. The minimum atomic E-state index is -0.895. The van der Waals surface area contributed by atoms with Crippen LogP contribution in [0.25, 0.3) is 0 Å². The van der Waals surface area contributed by atoms with E-state index >= 15 is 0 Å². The van der Waals surface area contributed by atoms with E-state index < -0.39 is 5.97 Å². The molecule has 3 rings (SSSR count). The SMILES string of the molecule is Cc1cc(C)cc(C(CC(C)C)NC(=O)c2cc(OCc3ccccc3)ccc2CCC(=O)O)c1. The number of rotatable bonds is 11. The Morgan fingerprint density at radius 3 is 2.26 bits per heavy atom. The predicted molar refractivity (Wildman–Crippen MR) is 139 cm³/mol. The van der Waals surface area contributed by atoms with E-state index in [1.807, 2.05) is 30.3 Å². The molecule has 1 atom stereocenters. The van der Waals surface area contributed by atoms with Crippen LogP contribution in [0.1, 0.15) is 70.9 Å². The summed E-state index contributed by atoms with van der Waals surface area (Å²) in [5.41, 5.74) is 5.56. The lowest BCUT2D eigenvalue weighted by atomic mass is 9.93. The Hall–Kier alpha value is -3.60. The van der Waals surface area contributed by atoms with E-state index in [4.69, 9.17) is 4.74 Å². The number of carbonyl (C=O) groups is 2. The number of amides is 1. The van der Waals surface area contributed by atoms with Gasteiger partial charge in [-0.3, -0.25) is 9.59 Å². The van der Waals surface area contributed by atoms with Crippen molar-refractivity contribution in [3.63, 3.8) is 0 Å². The summed E-state index contributed by atoms with van der Waals surface area (Å²) in [6.07, 6.45) is 1.02. The second-order valence-electron chi connectivity index (χ2n) is 9.56. The molecule has 0 aromatic heterocycles. The highest BCUT2D eigenvalue weighted by atomic mass is 16.5. The first-order valence-corrected chi connectivity index (χ1v) is 12.1. The van der Waals surface area contributed by atoms with Crippen molar-refractivity contribution in [1.29, 1.82) is 0 Å². The van der Waals surface area contributed by atoms with Crippen molar-refractivity contribution in [3.05, 3.63) is 100 Å². The maximum atomic E-state index is 13.6. The summed E-state index contributed by atoms with van der Waals surface area (Å²) in [4.78, 5) is 24.8. The number of carboxylic acid groups (broad SMARTS) is 1. The molecule has 5 heteroatoms. The summed E-state index contributed by atoms with van der Waals surface area (Å²) in [7, 11) is 0. The van der Waals surface area contributed by atoms with Gasteiger partial charge in [-0.15, -0.1) is 0 Å².